The Hall–Kier alpha value is -5.72. The van der Waals surface area contributed by atoms with Gasteiger partial charge in [0.1, 0.15) is 22.8 Å². The lowest BCUT2D eigenvalue weighted by atomic mass is 10.1. The van der Waals surface area contributed by atoms with Gasteiger partial charge in [-0.25, -0.2) is 9.97 Å². The number of aromatic nitrogens is 4. The van der Waals surface area contributed by atoms with E-state index in [1.165, 1.54) is 0 Å². The molecule has 0 spiro atoms. The molecule has 0 saturated carbocycles. The van der Waals surface area contributed by atoms with Gasteiger partial charge in [-0.3, -0.25) is 18.4 Å². The Morgan fingerprint density at radius 2 is 1.00 bits per heavy atom. The van der Waals surface area contributed by atoms with Gasteiger partial charge in [-0.05, 0) is 79.8 Å². The number of benzene rings is 2. The van der Waals surface area contributed by atoms with Crippen molar-refractivity contribution in [1.29, 1.82) is 0 Å². The molecule has 8 rings (SSSR count). The molecule has 0 bridgehead atoms. The zero-order valence-corrected chi connectivity index (χ0v) is 29.2. The fourth-order valence-corrected chi connectivity index (χ4v) is 6.36. The van der Waals surface area contributed by atoms with Gasteiger partial charge in [0.15, 0.2) is 0 Å². The van der Waals surface area contributed by atoms with Gasteiger partial charge in [0.05, 0.1) is 37.0 Å². The third-order valence-electron chi connectivity index (χ3n) is 9.41. The zero-order chi connectivity index (χ0) is 35.3. The smallest absolute Gasteiger partial charge is 0.258 e. The average Bonchev–Trinajstić information content (AvgIpc) is 3.18. The largest absolute Gasteiger partial charge is 0.497 e. The number of methoxy groups -OCH3 is 2. The average molecular weight is 687 g/mol. The van der Waals surface area contributed by atoms with E-state index < -0.39 is 0 Å². The minimum Gasteiger partial charge on any atom is -0.497 e. The molecule has 2 saturated heterocycles. The van der Waals surface area contributed by atoms with Gasteiger partial charge < -0.3 is 29.5 Å². The number of pyridine rings is 2. The first-order valence-corrected chi connectivity index (χ1v) is 17.1. The second kappa shape index (κ2) is 15.0. The Kier molecular flexibility index (Phi) is 9.95. The Balaban J connectivity index is 0.000000159. The molecule has 2 aliphatic rings. The first-order chi connectivity index (χ1) is 24.9. The number of nitrogens with zero attached hydrogens (tertiary/aromatic N) is 7. The van der Waals surface area contributed by atoms with E-state index in [0.29, 0.717) is 22.7 Å². The Morgan fingerprint density at radius 1 is 0.569 bits per heavy atom. The number of ether oxygens (including phenoxy) is 2. The van der Waals surface area contributed by atoms with E-state index in [-0.39, 0.29) is 11.1 Å². The minimum atomic E-state index is -0.0761. The summed E-state index contributed by atoms with van der Waals surface area (Å²) < 4.78 is 13.6. The highest BCUT2D eigenvalue weighted by molar-refractivity contribution is 5.64. The number of likely N-dealkylation sites (N-methyl/N-ethyl adjacent to an activating group) is 1. The van der Waals surface area contributed by atoms with Crippen LogP contribution in [-0.2, 0) is 0 Å². The number of anilines is 2. The van der Waals surface area contributed by atoms with Crippen molar-refractivity contribution >= 4 is 22.7 Å². The van der Waals surface area contributed by atoms with Gasteiger partial charge in [-0.1, -0.05) is 0 Å². The van der Waals surface area contributed by atoms with Gasteiger partial charge in [-0.2, -0.15) is 0 Å². The van der Waals surface area contributed by atoms with Crippen LogP contribution in [-0.4, -0.2) is 97.3 Å². The van der Waals surface area contributed by atoms with Gasteiger partial charge in [0, 0.05) is 88.0 Å². The third kappa shape index (κ3) is 7.57. The quantitative estimate of drug-likeness (QED) is 0.277. The van der Waals surface area contributed by atoms with Gasteiger partial charge >= 0.3 is 0 Å². The molecule has 2 fully saturated rings. The Morgan fingerprint density at radius 3 is 1.43 bits per heavy atom. The first-order valence-electron chi connectivity index (χ1n) is 17.1. The molecule has 262 valence electrons. The van der Waals surface area contributed by atoms with E-state index in [1.807, 2.05) is 85.2 Å². The lowest BCUT2D eigenvalue weighted by Crippen LogP contribution is -2.44. The van der Waals surface area contributed by atoms with Crippen LogP contribution in [0.25, 0.3) is 33.8 Å². The van der Waals surface area contributed by atoms with Crippen molar-refractivity contribution < 1.29 is 9.47 Å². The molecule has 1 N–H and O–H groups in total. The summed E-state index contributed by atoms with van der Waals surface area (Å²) in [4.78, 5) is 41.4. The number of hydrogen-bond acceptors (Lipinski definition) is 10. The van der Waals surface area contributed by atoms with Crippen molar-refractivity contribution in [3.05, 3.63) is 118 Å². The summed E-state index contributed by atoms with van der Waals surface area (Å²) in [5, 5.41) is 3.34. The van der Waals surface area contributed by atoms with Crippen molar-refractivity contribution in [3.63, 3.8) is 0 Å². The fourth-order valence-electron chi connectivity index (χ4n) is 6.36. The van der Waals surface area contributed by atoms with E-state index in [4.69, 9.17) is 9.47 Å². The molecule has 2 aliphatic heterocycles. The molecule has 6 heterocycles. The number of hydrogen-bond donors (Lipinski definition) is 1. The maximum absolute atomic E-state index is 12.7. The molecule has 0 radical (unpaired) electrons. The van der Waals surface area contributed by atoms with Crippen LogP contribution in [0, 0.1) is 0 Å². The highest BCUT2D eigenvalue weighted by Gasteiger charge is 2.16. The fraction of sp³-hybridized carbons (Fsp3) is 0.282. The van der Waals surface area contributed by atoms with Gasteiger partial charge in [-0.15, -0.1) is 0 Å². The number of rotatable bonds is 6. The second-order valence-electron chi connectivity index (χ2n) is 12.7. The summed E-state index contributed by atoms with van der Waals surface area (Å²) in [6, 6.07) is 26.2. The van der Waals surface area contributed by atoms with E-state index in [9.17, 15) is 9.59 Å². The van der Waals surface area contributed by atoms with Crippen LogP contribution in [0.15, 0.2) is 107 Å². The number of nitrogens with one attached hydrogen (secondary N) is 1. The van der Waals surface area contributed by atoms with E-state index in [2.05, 4.69) is 37.0 Å². The van der Waals surface area contributed by atoms with Crippen LogP contribution in [0.4, 0.5) is 11.4 Å². The summed E-state index contributed by atoms with van der Waals surface area (Å²) in [5.74, 6) is 1.56. The topological polar surface area (TPSA) is 109 Å². The lowest BCUT2D eigenvalue weighted by molar-refractivity contribution is 0.313. The summed E-state index contributed by atoms with van der Waals surface area (Å²) >= 11 is 0. The summed E-state index contributed by atoms with van der Waals surface area (Å²) in [6.07, 6.45) is 3.78. The van der Waals surface area contributed by atoms with E-state index in [0.717, 1.165) is 86.4 Å². The van der Waals surface area contributed by atoms with Crippen molar-refractivity contribution in [1.82, 2.24) is 29.0 Å². The van der Waals surface area contributed by atoms with Crippen molar-refractivity contribution in [2.75, 3.05) is 83.4 Å². The SMILES string of the molecule is COc1ccc(-c2cc(=O)n3cc(N4CCN(C)CC4)ccc3n2)cc1.COc1ccc(-c2cc(=O)n3cc(N4CCNCC4)ccc3n2)cc1. The molecular weight excluding hydrogens is 644 g/mol. The summed E-state index contributed by atoms with van der Waals surface area (Å²) in [7, 11) is 5.39. The highest BCUT2D eigenvalue weighted by Crippen LogP contribution is 2.23. The van der Waals surface area contributed by atoms with Crippen LogP contribution >= 0.6 is 0 Å². The van der Waals surface area contributed by atoms with Crippen molar-refractivity contribution in [2.45, 2.75) is 0 Å². The first kappa shape index (κ1) is 33.8. The molecule has 51 heavy (non-hydrogen) atoms. The normalized spacial score (nSPS) is 15.0. The van der Waals surface area contributed by atoms with Crippen LogP contribution in [0.3, 0.4) is 0 Å². The van der Waals surface area contributed by atoms with Crippen LogP contribution < -0.4 is 35.7 Å². The van der Waals surface area contributed by atoms with Crippen LogP contribution in [0.5, 0.6) is 11.5 Å². The minimum absolute atomic E-state index is 0.0724. The molecule has 12 nitrogen and oxygen atoms in total. The molecule has 0 atom stereocenters. The molecule has 0 amide bonds. The number of piperazine rings is 2. The maximum atomic E-state index is 12.7. The van der Waals surface area contributed by atoms with Gasteiger partial charge in [0.2, 0.25) is 0 Å². The third-order valence-corrected chi connectivity index (χ3v) is 9.41. The molecule has 4 aromatic heterocycles. The van der Waals surface area contributed by atoms with Crippen molar-refractivity contribution in [3.8, 4) is 34.0 Å². The standard InChI is InChI=1S/C20H22N4O2.C19H20N4O2/c1-22-9-11-23(12-10-22)16-5-8-19-21-18(13-20(25)24(19)14-16)15-3-6-17(26-2)7-4-15;1-25-16-5-2-14(3-6-16)17-12-19(24)23-13-15(4-7-18(23)21-17)22-10-8-20-9-11-22/h3-8,13-14H,9-12H2,1-2H3;2-7,12-13,20H,8-11H2,1H3. The van der Waals surface area contributed by atoms with Gasteiger partial charge in [0.25, 0.3) is 11.1 Å². The molecule has 0 aliphatic carbocycles. The predicted molar refractivity (Wildman–Crippen MR) is 202 cm³/mol. The molecule has 2 aromatic carbocycles. The Bertz CT molecular complexity index is 2240. The molecule has 12 heteroatoms. The second-order valence-corrected chi connectivity index (χ2v) is 12.7. The lowest BCUT2D eigenvalue weighted by Gasteiger charge is -2.34. The van der Waals surface area contributed by atoms with Crippen LogP contribution in [0.2, 0.25) is 0 Å². The number of fused-ring (bicyclic) bond motifs is 2. The Labute approximate surface area is 296 Å². The molecular formula is C39H42N8O4. The van der Waals surface area contributed by atoms with Crippen LogP contribution in [0.1, 0.15) is 0 Å². The summed E-state index contributed by atoms with van der Waals surface area (Å²) in [5.41, 5.74) is 6.40. The zero-order valence-electron chi connectivity index (χ0n) is 29.2. The molecule has 0 unspecified atom stereocenters. The van der Waals surface area contributed by atoms with Crippen molar-refractivity contribution in [2.24, 2.45) is 0 Å². The van der Waals surface area contributed by atoms with E-state index in [1.54, 1.807) is 35.2 Å². The maximum Gasteiger partial charge on any atom is 0.258 e. The monoisotopic (exact) mass is 686 g/mol. The molecule has 6 aromatic rings. The summed E-state index contributed by atoms with van der Waals surface area (Å²) in [6.45, 7) is 7.80. The highest BCUT2D eigenvalue weighted by atomic mass is 16.5. The van der Waals surface area contributed by atoms with E-state index >= 15 is 0 Å². The predicted octanol–water partition coefficient (Wildman–Crippen LogP) is 3.90.